The van der Waals surface area contributed by atoms with E-state index in [2.05, 4.69) is 12.1 Å². The number of carbonyl (C=O) groups is 1. The van der Waals surface area contributed by atoms with Gasteiger partial charge in [-0.05, 0) is 80.3 Å². The number of ether oxygens (including phenoxy) is 1. The first-order valence-electron chi connectivity index (χ1n) is 11.6. The topological polar surface area (TPSA) is 66.9 Å². The zero-order valence-electron chi connectivity index (χ0n) is 19.0. The van der Waals surface area contributed by atoms with Crippen molar-refractivity contribution >= 4 is 27.5 Å². The van der Waals surface area contributed by atoms with E-state index in [9.17, 15) is 13.2 Å². The van der Waals surface area contributed by atoms with Gasteiger partial charge in [0.05, 0.1) is 12.1 Å². The highest BCUT2D eigenvalue weighted by atomic mass is 35.5. The minimum atomic E-state index is -3.68. The summed E-state index contributed by atoms with van der Waals surface area (Å²) < 4.78 is 32.6. The second-order valence-corrected chi connectivity index (χ2v) is 11.2. The largest absolute Gasteiger partial charge is 0.497 e. The number of rotatable bonds is 7. The molecule has 0 atom stereocenters. The lowest BCUT2D eigenvalue weighted by molar-refractivity contribution is 0.0686. The number of halogens is 1. The molecule has 0 saturated carbocycles. The summed E-state index contributed by atoms with van der Waals surface area (Å²) in [5.74, 6) is 1.31. The van der Waals surface area contributed by atoms with Gasteiger partial charge >= 0.3 is 0 Å². The summed E-state index contributed by atoms with van der Waals surface area (Å²) >= 11 is 6.23. The fourth-order valence-corrected chi connectivity index (χ4v) is 6.69. The maximum Gasteiger partial charge on any atom is 0.253 e. The lowest BCUT2D eigenvalue weighted by Crippen LogP contribution is -2.38. The average Bonchev–Trinajstić information content (AvgIpc) is 3.39. The molecule has 0 unspecified atom stereocenters. The third-order valence-corrected chi connectivity index (χ3v) is 9.14. The van der Waals surface area contributed by atoms with E-state index in [0.717, 1.165) is 44.3 Å². The first kappa shape index (κ1) is 24.0. The number of nitrogens with zero attached hydrogens (tertiary/aromatic N) is 2. The maximum atomic E-state index is 13.1. The molecule has 2 heterocycles. The van der Waals surface area contributed by atoms with Crippen molar-refractivity contribution in [3.8, 4) is 5.75 Å². The van der Waals surface area contributed by atoms with E-state index in [4.69, 9.17) is 16.3 Å². The molecule has 2 aliphatic heterocycles. The van der Waals surface area contributed by atoms with E-state index in [-0.39, 0.29) is 15.8 Å². The van der Waals surface area contributed by atoms with Crippen LogP contribution in [-0.4, -0.2) is 56.8 Å². The van der Waals surface area contributed by atoms with Gasteiger partial charge in [0.25, 0.3) is 5.91 Å². The number of aryl methyl sites for hydroxylation is 1. The van der Waals surface area contributed by atoms with Crippen molar-refractivity contribution in [3.05, 3.63) is 58.6 Å². The van der Waals surface area contributed by atoms with Crippen LogP contribution in [0.5, 0.6) is 5.75 Å². The fourth-order valence-electron chi connectivity index (χ4n) is 4.67. The van der Waals surface area contributed by atoms with Gasteiger partial charge < -0.3 is 9.64 Å². The van der Waals surface area contributed by atoms with E-state index in [1.807, 2.05) is 17.0 Å². The van der Waals surface area contributed by atoms with Gasteiger partial charge in [-0.1, -0.05) is 23.7 Å². The zero-order valence-corrected chi connectivity index (χ0v) is 20.6. The first-order chi connectivity index (χ1) is 15.9. The summed E-state index contributed by atoms with van der Waals surface area (Å²) in [6.45, 7) is 2.37. The molecule has 33 heavy (non-hydrogen) atoms. The van der Waals surface area contributed by atoms with Crippen LogP contribution in [0.4, 0.5) is 0 Å². The number of carbonyl (C=O) groups excluding carboxylic acids is 1. The average molecular weight is 491 g/mol. The molecule has 2 saturated heterocycles. The Hall–Kier alpha value is -2.09. The molecule has 178 valence electrons. The van der Waals surface area contributed by atoms with E-state index < -0.39 is 10.0 Å². The molecule has 0 aliphatic carbocycles. The third-order valence-electron chi connectivity index (χ3n) is 6.76. The number of amides is 1. The van der Waals surface area contributed by atoms with Crippen molar-refractivity contribution in [2.75, 3.05) is 33.3 Å². The first-order valence-corrected chi connectivity index (χ1v) is 13.4. The number of hydrogen-bond donors (Lipinski definition) is 0. The Morgan fingerprint density at radius 1 is 1.03 bits per heavy atom. The molecule has 6 nitrogen and oxygen atoms in total. The maximum absolute atomic E-state index is 13.1. The SMILES string of the molecule is COc1ccc(CCC2CCN(C(=O)c3ccc(Cl)c(S(=O)(=O)N4CCCC4)c3)CC2)cc1. The number of likely N-dealkylation sites (tertiary alicyclic amines) is 1. The highest BCUT2D eigenvalue weighted by molar-refractivity contribution is 7.89. The van der Waals surface area contributed by atoms with Gasteiger partial charge in [0, 0.05) is 31.7 Å². The van der Waals surface area contributed by atoms with Gasteiger partial charge in [-0.15, -0.1) is 0 Å². The molecule has 0 N–H and O–H groups in total. The van der Waals surface area contributed by atoms with Gasteiger partial charge in [0.15, 0.2) is 0 Å². The lowest BCUT2D eigenvalue weighted by Gasteiger charge is -2.32. The number of piperidine rings is 1. The summed E-state index contributed by atoms with van der Waals surface area (Å²) in [7, 11) is -2.01. The number of methoxy groups -OCH3 is 1. The van der Waals surface area contributed by atoms with Crippen molar-refractivity contribution in [2.45, 2.75) is 43.4 Å². The Morgan fingerprint density at radius 2 is 1.70 bits per heavy atom. The quantitative estimate of drug-likeness (QED) is 0.568. The highest BCUT2D eigenvalue weighted by Gasteiger charge is 2.31. The minimum absolute atomic E-state index is 0.0336. The minimum Gasteiger partial charge on any atom is -0.497 e. The molecule has 2 fully saturated rings. The third kappa shape index (κ3) is 5.53. The molecule has 0 aromatic heterocycles. The number of benzene rings is 2. The second-order valence-electron chi connectivity index (χ2n) is 8.88. The van der Waals surface area contributed by atoms with Gasteiger partial charge in [-0.2, -0.15) is 4.31 Å². The number of hydrogen-bond acceptors (Lipinski definition) is 4. The molecule has 8 heteroatoms. The van der Waals surface area contributed by atoms with Crippen molar-refractivity contribution in [1.29, 1.82) is 0 Å². The van der Waals surface area contributed by atoms with Crippen molar-refractivity contribution in [2.24, 2.45) is 5.92 Å². The van der Waals surface area contributed by atoms with Gasteiger partial charge in [-0.3, -0.25) is 4.79 Å². The molecule has 2 aromatic rings. The Bertz CT molecular complexity index is 1070. The predicted molar refractivity (Wildman–Crippen MR) is 129 cm³/mol. The summed E-state index contributed by atoms with van der Waals surface area (Å²) in [6.07, 6.45) is 5.71. The normalized spacial score (nSPS) is 17.9. The Labute approximate surface area is 201 Å². The summed E-state index contributed by atoms with van der Waals surface area (Å²) in [4.78, 5) is 15.0. The van der Waals surface area contributed by atoms with Crippen LogP contribution in [0.3, 0.4) is 0 Å². The predicted octanol–water partition coefficient (Wildman–Crippen LogP) is 4.62. The Balaban J connectivity index is 1.35. The number of sulfonamides is 1. The van der Waals surface area contributed by atoms with Crippen molar-refractivity contribution in [3.63, 3.8) is 0 Å². The fraction of sp³-hybridized carbons (Fsp3) is 0.480. The van der Waals surface area contributed by atoms with Crippen LogP contribution in [0.1, 0.15) is 48.0 Å². The zero-order chi connectivity index (χ0) is 23.4. The van der Waals surface area contributed by atoms with Crippen LogP contribution in [0.25, 0.3) is 0 Å². The second kappa shape index (κ2) is 10.5. The molecule has 2 aliphatic rings. The van der Waals surface area contributed by atoms with E-state index >= 15 is 0 Å². The molecular formula is C25H31ClN2O4S. The molecule has 2 aromatic carbocycles. The monoisotopic (exact) mass is 490 g/mol. The van der Waals surface area contributed by atoms with E-state index in [0.29, 0.717) is 37.7 Å². The van der Waals surface area contributed by atoms with E-state index in [1.165, 1.54) is 22.0 Å². The summed E-state index contributed by atoms with van der Waals surface area (Å²) in [5, 5.41) is 0.163. The molecular weight excluding hydrogens is 460 g/mol. The van der Waals surface area contributed by atoms with Gasteiger partial charge in [-0.25, -0.2) is 8.42 Å². The Kier molecular flexibility index (Phi) is 7.62. The van der Waals surface area contributed by atoms with Crippen LogP contribution in [0.2, 0.25) is 5.02 Å². The van der Waals surface area contributed by atoms with Gasteiger partial charge in [0.2, 0.25) is 10.0 Å². The van der Waals surface area contributed by atoms with Crippen LogP contribution in [0.15, 0.2) is 47.4 Å². The van der Waals surface area contributed by atoms with Crippen molar-refractivity contribution < 1.29 is 17.9 Å². The molecule has 0 spiro atoms. The summed E-state index contributed by atoms with van der Waals surface area (Å²) in [6, 6.07) is 12.8. The van der Waals surface area contributed by atoms with Crippen molar-refractivity contribution in [1.82, 2.24) is 9.21 Å². The molecule has 0 radical (unpaired) electrons. The van der Waals surface area contributed by atoms with Gasteiger partial charge in [0.1, 0.15) is 10.6 Å². The van der Waals surface area contributed by atoms with E-state index in [1.54, 1.807) is 13.2 Å². The standard InChI is InChI=1S/C25H31ClN2O4S/c1-32-22-9-6-19(7-10-22)4-5-20-12-16-27(17-13-20)25(29)21-8-11-23(26)24(18-21)33(30,31)28-14-2-3-15-28/h6-11,18,20H,2-5,12-17H2,1H3. The van der Waals surface area contributed by atoms with Crippen LogP contribution in [0, 0.1) is 5.92 Å². The molecule has 1 amide bonds. The summed E-state index contributed by atoms with van der Waals surface area (Å²) in [5.41, 5.74) is 1.68. The molecule has 4 rings (SSSR count). The lowest BCUT2D eigenvalue weighted by atomic mass is 9.90. The molecule has 0 bridgehead atoms. The van der Waals surface area contributed by atoms with Crippen LogP contribution < -0.4 is 4.74 Å². The highest BCUT2D eigenvalue weighted by Crippen LogP contribution is 2.30. The van der Waals surface area contributed by atoms with Crippen LogP contribution >= 0.6 is 11.6 Å². The van der Waals surface area contributed by atoms with Crippen LogP contribution in [-0.2, 0) is 16.4 Å². The Morgan fingerprint density at radius 3 is 2.33 bits per heavy atom. The smallest absolute Gasteiger partial charge is 0.253 e.